The van der Waals surface area contributed by atoms with Gasteiger partial charge in [0.15, 0.2) is 0 Å². The Hall–Kier alpha value is -0.833. The second-order valence-corrected chi connectivity index (χ2v) is 9.73. The molecule has 1 heterocycles. The highest BCUT2D eigenvalue weighted by Gasteiger charge is 2.13. The van der Waals surface area contributed by atoms with Crippen LogP contribution >= 0.6 is 0 Å². The first-order valence-electron chi connectivity index (χ1n) is 5.13. The van der Waals surface area contributed by atoms with E-state index in [1.165, 1.54) is 0 Å². The number of anilines is 1. The molecular weight excluding hydrogens is 188 g/mol. The molecule has 0 amide bonds. The van der Waals surface area contributed by atoms with Crippen molar-refractivity contribution in [2.45, 2.75) is 39.4 Å². The molecule has 0 radical (unpaired) electrons. The highest BCUT2D eigenvalue weighted by Crippen LogP contribution is 2.15. The van der Waals surface area contributed by atoms with E-state index in [4.69, 9.17) is 0 Å². The average molecular weight is 208 g/mol. The Morgan fingerprint density at radius 1 is 1.21 bits per heavy atom. The van der Waals surface area contributed by atoms with Gasteiger partial charge in [0, 0.05) is 5.69 Å². The molecule has 78 valence electrons. The van der Waals surface area contributed by atoms with Crippen LogP contribution in [0.3, 0.4) is 0 Å². The lowest BCUT2D eigenvalue weighted by molar-refractivity contribution is 0.825. The number of hydrogen-bond donors (Lipinski definition) is 1. The van der Waals surface area contributed by atoms with Crippen LogP contribution in [0.4, 0.5) is 5.82 Å². The zero-order chi connectivity index (χ0) is 10.8. The first-order valence-corrected chi connectivity index (χ1v) is 8.63. The van der Waals surface area contributed by atoms with Gasteiger partial charge in [-0.2, -0.15) is 0 Å². The van der Waals surface area contributed by atoms with Crippen LogP contribution in [0.1, 0.15) is 25.5 Å². The van der Waals surface area contributed by atoms with Crippen molar-refractivity contribution in [1.29, 1.82) is 0 Å². The van der Waals surface area contributed by atoms with E-state index >= 15 is 0 Å². The molecule has 1 rings (SSSR count). The highest BCUT2D eigenvalue weighted by atomic mass is 28.3. The van der Waals surface area contributed by atoms with Gasteiger partial charge in [0.05, 0.1) is 0 Å². The molecule has 0 saturated heterocycles. The normalized spacial score (nSPS) is 11.9. The predicted molar refractivity (Wildman–Crippen MR) is 65.3 cm³/mol. The number of hydrogen-bond acceptors (Lipinski definition) is 2. The highest BCUT2D eigenvalue weighted by molar-refractivity contribution is 6.79. The van der Waals surface area contributed by atoms with Crippen molar-refractivity contribution in [1.82, 2.24) is 4.98 Å². The quantitative estimate of drug-likeness (QED) is 0.770. The lowest BCUT2D eigenvalue weighted by Crippen LogP contribution is -2.32. The fourth-order valence-electron chi connectivity index (χ4n) is 1.23. The largest absolute Gasteiger partial charge is 0.396 e. The van der Waals surface area contributed by atoms with Gasteiger partial charge in [-0.1, -0.05) is 39.6 Å². The smallest absolute Gasteiger partial charge is 0.145 e. The molecule has 2 nitrogen and oxygen atoms in total. The molecule has 0 atom stereocenters. The van der Waals surface area contributed by atoms with Gasteiger partial charge in [0.1, 0.15) is 14.1 Å². The van der Waals surface area contributed by atoms with Gasteiger partial charge < -0.3 is 4.98 Å². The van der Waals surface area contributed by atoms with E-state index < -0.39 is 8.24 Å². The summed E-state index contributed by atoms with van der Waals surface area (Å²) in [6.45, 7) is 11.2. The average Bonchev–Trinajstić information content (AvgIpc) is 2.01. The SMILES string of the molecule is CC(C)c1cccc(N[Si](C)(C)C)n1. The molecule has 0 fully saturated rings. The van der Waals surface area contributed by atoms with E-state index in [2.05, 4.69) is 55.6 Å². The molecule has 0 aliphatic heterocycles. The van der Waals surface area contributed by atoms with Gasteiger partial charge in [0.2, 0.25) is 0 Å². The second-order valence-electron chi connectivity index (χ2n) is 4.98. The minimum absolute atomic E-state index is 0.499. The minimum Gasteiger partial charge on any atom is -0.396 e. The number of nitrogens with one attached hydrogen (secondary N) is 1. The van der Waals surface area contributed by atoms with Crippen LogP contribution in [0.5, 0.6) is 0 Å². The number of nitrogens with zero attached hydrogens (tertiary/aromatic N) is 1. The maximum atomic E-state index is 4.58. The van der Waals surface area contributed by atoms with Gasteiger partial charge in [-0.25, -0.2) is 4.98 Å². The fraction of sp³-hybridized carbons (Fsp3) is 0.545. The molecule has 1 aromatic rings. The fourth-order valence-corrected chi connectivity index (χ4v) is 2.13. The van der Waals surface area contributed by atoms with Crippen molar-refractivity contribution >= 4 is 14.1 Å². The van der Waals surface area contributed by atoms with Crippen LogP contribution in [-0.2, 0) is 0 Å². The summed E-state index contributed by atoms with van der Waals surface area (Å²) in [7, 11) is -1.27. The second kappa shape index (κ2) is 4.13. The van der Waals surface area contributed by atoms with E-state index in [0.717, 1.165) is 11.5 Å². The zero-order valence-corrected chi connectivity index (χ0v) is 10.8. The summed E-state index contributed by atoms with van der Waals surface area (Å²) in [6, 6.07) is 6.20. The zero-order valence-electron chi connectivity index (χ0n) is 9.76. The molecule has 3 heteroatoms. The molecule has 0 aromatic carbocycles. The summed E-state index contributed by atoms with van der Waals surface area (Å²) in [5, 5.41) is 0. The molecule has 14 heavy (non-hydrogen) atoms. The molecule has 0 unspecified atom stereocenters. The monoisotopic (exact) mass is 208 g/mol. The van der Waals surface area contributed by atoms with Crippen molar-refractivity contribution in [2.75, 3.05) is 4.98 Å². The Balaban J connectivity index is 2.84. The summed E-state index contributed by atoms with van der Waals surface area (Å²) in [4.78, 5) is 8.09. The third-order valence-electron chi connectivity index (χ3n) is 1.87. The van der Waals surface area contributed by atoms with E-state index in [9.17, 15) is 0 Å². The van der Waals surface area contributed by atoms with Crippen molar-refractivity contribution in [3.63, 3.8) is 0 Å². The van der Waals surface area contributed by atoms with Crippen LogP contribution in [0.15, 0.2) is 18.2 Å². The summed E-state index contributed by atoms with van der Waals surface area (Å²) in [6.07, 6.45) is 0. The van der Waals surface area contributed by atoms with Crippen molar-refractivity contribution in [2.24, 2.45) is 0 Å². The van der Waals surface area contributed by atoms with Crippen molar-refractivity contribution in [3.05, 3.63) is 23.9 Å². The first kappa shape index (κ1) is 11.2. The Kier molecular flexibility index (Phi) is 3.32. The molecule has 0 spiro atoms. The van der Waals surface area contributed by atoms with Crippen molar-refractivity contribution < 1.29 is 0 Å². The summed E-state index contributed by atoms with van der Waals surface area (Å²) >= 11 is 0. The summed E-state index contributed by atoms with van der Waals surface area (Å²) in [5.41, 5.74) is 1.16. The maximum absolute atomic E-state index is 4.58. The molecule has 1 aromatic heterocycles. The number of aromatic nitrogens is 1. The maximum Gasteiger partial charge on any atom is 0.145 e. The van der Waals surface area contributed by atoms with Gasteiger partial charge in [-0.3, -0.25) is 0 Å². The van der Waals surface area contributed by atoms with E-state index in [0.29, 0.717) is 5.92 Å². The first-order chi connectivity index (χ1) is 6.38. The summed E-state index contributed by atoms with van der Waals surface area (Å²) in [5.74, 6) is 1.52. The number of pyridine rings is 1. The van der Waals surface area contributed by atoms with Gasteiger partial charge >= 0.3 is 0 Å². The predicted octanol–water partition coefficient (Wildman–Crippen LogP) is 3.45. The lowest BCUT2D eigenvalue weighted by atomic mass is 10.1. The standard InChI is InChI=1S/C11H20N2Si/c1-9(2)10-7-6-8-11(12-10)13-14(3,4)5/h6-9H,1-5H3,(H,12,13). The Morgan fingerprint density at radius 3 is 2.36 bits per heavy atom. The molecule has 0 aliphatic rings. The third kappa shape index (κ3) is 3.50. The van der Waals surface area contributed by atoms with Crippen LogP contribution in [-0.4, -0.2) is 13.2 Å². The van der Waals surface area contributed by atoms with E-state index in [1.54, 1.807) is 0 Å². The Labute approximate surface area is 87.9 Å². The molecule has 0 saturated carbocycles. The minimum atomic E-state index is -1.27. The number of rotatable bonds is 3. The van der Waals surface area contributed by atoms with Crippen LogP contribution in [0, 0.1) is 0 Å². The molecule has 0 aliphatic carbocycles. The van der Waals surface area contributed by atoms with Gasteiger partial charge in [-0.05, 0) is 18.1 Å². The molecular formula is C11H20N2Si. The van der Waals surface area contributed by atoms with E-state index in [1.807, 2.05) is 6.07 Å². The van der Waals surface area contributed by atoms with Crippen molar-refractivity contribution in [3.8, 4) is 0 Å². The van der Waals surface area contributed by atoms with Crippen LogP contribution in [0.2, 0.25) is 19.6 Å². The van der Waals surface area contributed by atoms with Gasteiger partial charge in [-0.15, -0.1) is 0 Å². The Morgan fingerprint density at radius 2 is 1.86 bits per heavy atom. The Bertz CT molecular complexity index is 302. The lowest BCUT2D eigenvalue weighted by Gasteiger charge is -2.19. The van der Waals surface area contributed by atoms with E-state index in [-0.39, 0.29) is 0 Å². The molecule has 0 bridgehead atoms. The van der Waals surface area contributed by atoms with Crippen LogP contribution < -0.4 is 4.98 Å². The molecule has 1 N–H and O–H groups in total. The third-order valence-corrected chi connectivity index (χ3v) is 2.87. The topological polar surface area (TPSA) is 24.9 Å². The van der Waals surface area contributed by atoms with Crippen LogP contribution in [0.25, 0.3) is 0 Å². The van der Waals surface area contributed by atoms with Gasteiger partial charge in [0.25, 0.3) is 0 Å². The summed E-state index contributed by atoms with van der Waals surface area (Å²) < 4.78 is 0.